The zero-order valence-electron chi connectivity index (χ0n) is 14.0. The molecule has 128 valence electrons. The second kappa shape index (κ2) is 9.49. The lowest BCUT2D eigenvalue weighted by molar-refractivity contribution is -0.130. The number of carbonyl (C=O) groups excluding carboxylic acids is 2. The predicted molar refractivity (Wildman–Crippen MR) is 101 cm³/mol. The van der Waals surface area contributed by atoms with Crippen molar-refractivity contribution < 1.29 is 9.59 Å². The van der Waals surface area contributed by atoms with Gasteiger partial charge >= 0.3 is 0 Å². The number of thiophene rings is 1. The maximum atomic E-state index is 12.2. The van der Waals surface area contributed by atoms with Crippen molar-refractivity contribution in [2.75, 3.05) is 19.8 Å². The summed E-state index contributed by atoms with van der Waals surface area (Å²) in [6.07, 6.45) is 3.12. The summed E-state index contributed by atoms with van der Waals surface area (Å²) in [4.78, 5) is 26.9. The molecule has 0 aliphatic rings. The molecule has 1 N–H and O–H groups in total. The van der Waals surface area contributed by atoms with E-state index in [1.807, 2.05) is 24.1 Å². The molecule has 1 aromatic heterocycles. The monoisotopic (exact) mass is 362 g/mol. The highest BCUT2D eigenvalue weighted by molar-refractivity contribution is 7.98. The van der Waals surface area contributed by atoms with E-state index in [1.54, 1.807) is 22.7 Å². The van der Waals surface area contributed by atoms with Gasteiger partial charge in [-0.1, -0.05) is 12.1 Å². The molecule has 0 saturated heterocycles. The van der Waals surface area contributed by atoms with Gasteiger partial charge in [0.05, 0.1) is 0 Å². The zero-order valence-corrected chi connectivity index (χ0v) is 15.6. The molecule has 0 aliphatic carbocycles. The van der Waals surface area contributed by atoms with E-state index < -0.39 is 0 Å². The Morgan fingerprint density at radius 1 is 1.21 bits per heavy atom. The summed E-state index contributed by atoms with van der Waals surface area (Å²) in [5, 5.41) is 6.53. The highest BCUT2D eigenvalue weighted by Gasteiger charge is 2.10. The van der Waals surface area contributed by atoms with Gasteiger partial charge in [0, 0.05) is 42.4 Å². The number of hydrogen-bond donors (Lipinski definition) is 1. The Hall–Kier alpha value is -1.79. The molecule has 0 bridgehead atoms. The molecule has 1 aromatic carbocycles. The summed E-state index contributed by atoms with van der Waals surface area (Å²) in [6.45, 7) is 1.12. The number of nitrogens with one attached hydrogen (secondary N) is 1. The van der Waals surface area contributed by atoms with E-state index in [0.29, 0.717) is 31.5 Å². The number of amides is 2. The molecule has 6 heteroatoms. The first-order valence-electron chi connectivity index (χ1n) is 7.77. The van der Waals surface area contributed by atoms with E-state index in [4.69, 9.17) is 0 Å². The SMILES string of the molecule is CSc1ccc(CN(C)C(=O)CCCNC(=O)c2ccsc2)cc1. The van der Waals surface area contributed by atoms with Crippen LogP contribution in [0.5, 0.6) is 0 Å². The molecule has 0 aliphatic heterocycles. The summed E-state index contributed by atoms with van der Waals surface area (Å²) in [6, 6.07) is 10.0. The molecule has 2 rings (SSSR count). The molecule has 0 spiro atoms. The second-order valence-electron chi connectivity index (χ2n) is 5.47. The van der Waals surface area contributed by atoms with E-state index in [2.05, 4.69) is 29.6 Å². The summed E-state index contributed by atoms with van der Waals surface area (Å²) < 4.78 is 0. The summed E-state index contributed by atoms with van der Waals surface area (Å²) in [5.74, 6) is 0.0136. The molecule has 2 amide bonds. The Morgan fingerprint density at radius 3 is 2.58 bits per heavy atom. The van der Waals surface area contributed by atoms with Crippen molar-refractivity contribution in [3.8, 4) is 0 Å². The minimum absolute atomic E-state index is 0.0778. The van der Waals surface area contributed by atoms with Crippen LogP contribution >= 0.6 is 23.1 Å². The van der Waals surface area contributed by atoms with Crippen LogP contribution in [0.4, 0.5) is 0 Å². The molecule has 0 fully saturated rings. The van der Waals surface area contributed by atoms with E-state index in [9.17, 15) is 9.59 Å². The topological polar surface area (TPSA) is 49.4 Å². The van der Waals surface area contributed by atoms with Crippen LogP contribution in [0.3, 0.4) is 0 Å². The van der Waals surface area contributed by atoms with E-state index in [1.165, 1.54) is 16.2 Å². The van der Waals surface area contributed by atoms with Crippen LogP contribution in [-0.2, 0) is 11.3 Å². The maximum Gasteiger partial charge on any atom is 0.252 e. The van der Waals surface area contributed by atoms with Crippen molar-refractivity contribution in [1.29, 1.82) is 0 Å². The summed E-state index contributed by atoms with van der Waals surface area (Å²) in [7, 11) is 1.81. The molecule has 1 heterocycles. The summed E-state index contributed by atoms with van der Waals surface area (Å²) in [5.41, 5.74) is 1.80. The summed E-state index contributed by atoms with van der Waals surface area (Å²) >= 11 is 3.20. The highest BCUT2D eigenvalue weighted by Crippen LogP contribution is 2.15. The van der Waals surface area contributed by atoms with Crippen molar-refractivity contribution in [2.45, 2.75) is 24.3 Å². The molecule has 0 unspecified atom stereocenters. The number of rotatable bonds is 8. The fraction of sp³-hybridized carbons (Fsp3) is 0.333. The van der Waals surface area contributed by atoms with Crippen LogP contribution in [-0.4, -0.2) is 36.6 Å². The van der Waals surface area contributed by atoms with Gasteiger partial charge in [0.25, 0.3) is 5.91 Å². The Bertz CT molecular complexity index is 654. The number of carbonyl (C=O) groups is 2. The predicted octanol–water partition coefficient (Wildman–Crippen LogP) is 3.64. The normalized spacial score (nSPS) is 10.4. The number of hydrogen-bond acceptors (Lipinski definition) is 4. The first-order valence-corrected chi connectivity index (χ1v) is 9.94. The molecule has 0 atom stereocenters. The molecular weight excluding hydrogens is 340 g/mol. The average molecular weight is 363 g/mol. The minimum Gasteiger partial charge on any atom is -0.352 e. The number of nitrogens with zero attached hydrogens (tertiary/aromatic N) is 1. The molecular formula is C18H22N2O2S2. The average Bonchev–Trinajstić information content (AvgIpc) is 3.13. The van der Waals surface area contributed by atoms with Gasteiger partial charge < -0.3 is 10.2 Å². The molecule has 0 radical (unpaired) electrons. The lowest BCUT2D eigenvalue weighted by Gasteiger charge is -2.17. The van der Waals surface area contributed by atoms with Crippen LogP contribution in [0.25, 0.3) is 0 Å². The van der Waals surface area contributed by atoms with Crippen molar-refractivity contribution in [3.05, 3.63) is 52.2 Å². The van der Waals surface area contributed by atoms with Gasteiger partial charge in [0.15, 0.2) is 0 Å². The zero-order chi connectivity index (χ0) is 17.4. The standard InChI is InChI=1S/C18H22N2O2S2/c1-20(12-14-5-7-16(23-2)8-6-14)17(21)4-3-10-19-18(22)15-9-11-24-13-15/h5-9,11,13H,3-4,10,12H2,1-2H3,(H,19,22). The maximum absolute atomic E-state index is 12.2. The first-order chi connectivity index (χ1) is 11.6. The van der Waals surface area contributed by atoms with Gasteiger partial charge in [-0.05, 0) is 41.8 Å². The third kappa shape index (κ3) is 5.69. The van der Waals surface area contributed by atoms with Gasteiger partial charge in [-0.25, -0.2) is 0 Å². The van der Waals surface area contributed by atoms with Crippen LogP contribution < -0.4 is 5.32 Å². The van der Waals surface area contributed by atoms with E-state index >= 15 is 0 Å². The Balaban J connectivity index is 1.68. The van der Waals surface area contributed by atoms with Gasteiger partial charge in [-0.15, -0.1) is 11.8 Å². The Kier molecular flexibility index (Phi) is 7.34. The van der Waals surface area contributed by atoms with Crippen molar-refractivity contribution >= 4 is 34.9 Å². The Morgan fingerprint density at radius 2 is 1.96 bits per heavy atom. The first kappa shape index (κ1) is 18.5. The minimum atomic E-state index is -0.0778. The third-order valence-corrected chi connectivity index (χ3v) is 5.07. The van der Waals surface area contributed by atoms with Gasteiger partial charge in [0.1, 0.15) is 0 Å². The fourth-order valence-corrected chi connectivity index (χ4v) is 3.27. The van der Waals surface area contributed by atoms with Crippen molar-refractivity contribution in [2.24, 2.45) is 0 Å². The molecule has 24 heavy (non-hydrogen) atoms. The van der Waals surface area contributed by atoms with Gasteiger partial charge in [0.2, 0.25) is 5.91 Å². The van der Waals surface area contributed by atoms with E-state index in [-0.39, 0.29) is 11.8 Å². The lowest BCUT2D eigenvalue weighted by Crippen LogP contribution is -2.28. The third-order valence-electron chi connectivity index (χ3n) is 3.64. The number of thioether (sulfide) groups is 1. The van der Waals surface area contributed by atoms with Crippen molar-refractivity contribution in [3.63, 3.8) is 0 Å². The number of benzene rings is 1. The van der Waals surface area contributed by atoms with Crippen LogP contribution in [0.1, 0.15) is 28.8 Å². The van der Waals surface area contributed by atoms with Crippen molar-refractivity contribution in [1.82, 2.24) is 10.2 Å². The highest BCUT2D eigenvalue weighted by atomic mass is 32.2. The fourth-order valence-electron chi connectivity index (χ4n) is 2.22. The quantitative estimate of drug-likeness (QED) is 0.576. The van der Waals surface area contributed by atoms with Crippen LogP contribution in [0.15, 0.2) is 46.0 Å². The smallest absolute Gasteiger partial charge is 0.252 e. The second-order valence-corrected chi connectivity index (χ2v) is 7.13. The van der Waals surface area contributed by atoms with E-state index in [0.717, 1.165) is 5.56 Å². The molecule has 0 saturated carbocycles. The molecule has 4 nitrogen and oxygen atoms in total. The largest absolute Gasteiger partial charge is 0.352 e. The molecule has 2 aromatic rings. The van der Waals surface area contributed by atoms with Crippen LogP contribution in [0.2, 0.25) is 0 Å². The van der Waals surface area contributed by atoms with Gasteiger partial charge in [-0.2, -0.15) is 11.3 Å². The lowest BCUT2D eigenvalue weighted by atomic mass is 10.2. The van der Waals surface area contributed by atoms with Gasteiger partial charge in [-0.3, -0.25) is 9.59 Å². The van der Waals surface area contributed by atoms with Crippen LogP contribution in [0, 0.1) is 0 Å². The Labute approximate surface area is 151 Å².